The van der Waals surface area contributed by atoms with Crippen molar-refractivity contribution < 1.29 is 20.4 Å². The standard InChI is InChI=1S/C20H36N2O4/c1-14(23)8-18-6-5-7-19(20(18)10-21-9-15(2)24)13-22(11-16(3)25)12-17(4)26/h5-7,14-17,21,23-26H,8-13H2,1-4H3. The Balaban J connectivity index is 3.04. The van der Waals surface area contributed by atoms with Crippen LogP contribution >= 0.6 is 0 Å². The van der Waals surface area contributed by atoms with Crippen molar-refractivity contribution in [2.45, 2.75) is 71.6 Å². The molecule has 0 amide bonds. The van der Waals surface area contributed by atoms with Crippen LogP contribution in [-0.2, 0) is 19.5 Å². The lowest BCUT2D eigenvalue weighted by atomic mass is 9.96. The van der Waals surface area contributed by atoms with Gasteiger partial charge in [0.1, 0.15) is 0 Å². The van der Waals surface area contributed by atoms with Crippen LogP contribution in [0.1, 0.15) is 44.4 Å². The first kappa shape index (κ1) is 23.0. The van der Waals surface area contributed by atoms with Crippen LogP contribution < -0.4 is 5.32 Å². The highest BCUT2D eigenvalue weighted by Crippen LogP contribution is 2.19. The molecule has 6 heteroatoms. The van der Waals surface area contributed by atoms with Crippen LogP contribution in [0.3, 0.4) is 0 Å². The summed E-state index contributed by atoms with van der Waals surface area (Å²) in [5, 5.41) is 42.1. The molecular formula is C20H36N2O4. The van der Waals surface area contributed by atoms with Gasteiger partial charge in [-0.15, -0.1) is 0 Å². The van der Waals surface area contributed by atoms with Crippen molar-refractivity contribution in [1.29, 1.82) is 0 Å². The van der Waals surface area contributed by atoms with Crippen LogP contribution in [0.25, 0.3) is 0 Å². The molecular weight excluding hydrogens is 332 g/mol. The molecule has 150 valence electrons. The average molecular weight is 369 g/mol. The Bertz CT molecular complexity index is 509. The number of nitrogens with one attached hydrogen (secondary N) is 1. The number of benzene rings is 1. The van der Waals surface area contributed by atoms with Crippen LogP contribution in [0.4, 0.5) is 0 Å². The molecule has 0 spiro atoms. The van der Waals surface area contributed by atoms with E-state index in [-0.39, 0.29) is 0 Å². The van der Waals surface area contributed by atoms with Crippen LogP contribution in [0, 0.1) is 0 Å². The summed E-state index contributed by atoms with van der Waals surface area (Å²) in [4.78, 5) is 2.04. The molecule has 0 radical (unpaired) electrons. The largest absolute Gasteiger partial charge is 0.393 e. The van der Waals surface area contributed by atoms with E-state index in [0.29, 0.717) is 39.1 Å². The molecule has 5 N–H and O–H groups in total. The van der Waals surface area contributed by atoms with Crippen molar-refractivity contribution in [1.82, 2.24) is 10.2 Å². The zero-order chi connectivity index (χ0) is 19.7. The van der Waals surface area contributed by atoms with E-state index in [0.717, 1.165) is 16.7 Å². The predicted octanol–water partition coefficient (Wildman–Crippen LogP) is 0.644. The Hall–Kier alpha value is -1.02. The summed E-state index contributed by atoms with van der Waals surface area (Å²) >= 11 is 0. The van der Waals surface area contributed by atoms with Crippen molar-refractivity contribution in [3.63, 3.8) is 0 Å². The topological polar surface area (TPSA) is 96.2 Å². The summed E-state index contributed by atoms with van der Waals surface area (Å²) in [6.07, 6.45) is -1.26. The molecule has 6 nitrogen and oxygen atoms in total. The maximum atomic E-state index is 9.82. The van der Waals surface area contributed by atoms with Crippen LogP contribution in [0.15, 0.2) is 18.2 Å². The maximum Gasteiger partial charge on any atom is 0.0639 e. The molecule has 0 bridgehead atoms. The average Bonchev–Trinajstić information content (AvgIpc) is 2.47. The van der Waals surface area contributed by atoms with E-state index < -0.39 is 24.4 Å². The first-order valence-electron chi connectivity index (χ1n) is 9.44. The van der Waals surface area contributed by atoms with Crippen molar-refractivity contribution in [2.24, 2.45) is 0 Å². The van der Waals surface area contributed by atoms with E-state index in [2.05, 4.69) is 5.32 Å². The minimum absolute atomic E-state index is 0.427. The number of hydrogen-bond donors (Lipinski definition) is 5. The molecule has 4 atom stereocenters. The van der Waals surface area contributed by atoms with E-state index >= 15 is 0 Å². The van der Waals surface area contributed by atoms with Gasteiger partial charge in [0.05, 0.1) is 24.4 Å². The van der Waals surface area contributed by atoms with Crippen molar-refractivity contribution in [3.05, 3.63) is 34.9 Å². The molecule has 0 aliphatic carbocycles. The minimum Gasteiger partial charge on any atom is -0.393 e. The zero-order valence-electron chi connectivity index (χ0n) is 16.5. The summed E-state index contributed by atoms with van der Waals surface area (Å²) in [5.74, 6) is 0. The van der Waals surface area contributed by atoms with Gasteiger partial charge in [-0.2, -0.15) is 0 Å². The SMILES string of the molecule is CC(O)CNCc1c(CC(C)O)cccc1CN(CC(C)O)CC(C)O. The number of hydrogen-bond acceptors (Lipinski definition) is 6. The lowest BCUT2D eigenvalue weighted by Crippen LogP contribution is -2.36. The summed E-state index contributed by atoms with van der Waals surface area (Å²) in [5.41, 5.74) is 3.28. The first-order valence-corrected chi connectivity index (χ1v) is 9.44. The van der Waals surface area contributed by atoms with Crippen LogP contribution in [0.2, 0.25) is 0 Å². The molecule has 0 aromatic heterocycles. The number of aliphatic hydroxyl groups is 4. The van der Waals surface area contributed by atoms with Gasteiger partial charge in [-0.25, -0.2) is 0 Å². The monoisotopic (exact) mass is 368 g/mol. The molecule has 26 heavy (non-hydrogen) atoms. The number of nitrogens with zero attached hydrogens (tertiary/aromatic N) is 1. The second kappa shape index (κ2) is 11.6. The van der Waals surface area contributed by atoms with Gasteiger partial charge in [-0.1, -0.05) is 18.2 Å². The number of rotatable bonds is 12. The van der Waals surface area contributed by atoms with Crippen LogP contribution in [0.5, 0.6) is 0 Å². The third-order valence-corrected chi connectivity index (χ3v) is 4.07. The quantitative estimate of drug-likeness (QED) is 0.372. The zero-order valence-corrected chi connectivity index (χ0v) is 16.5. The second-order valence-electron chi connectivity index (χ2n) is 7.48. The molecule has 0 fully saturated rings. The Kier molecular flexibility index (Phi) is 10.3. The molecule has 0 aliphatic rings. The van der Waals surface area contributed by atoms with Gasteiger partial charge >= 0.3 is 0 Å². The number of aliphatic hydroxyl groups excluding tert-OH is 4. The third kappa shape index (κ3) is 9.07. The fourth-order valence-electron chi connectivity index (χ4n) is 3.17. The van der Waals surface area contributed by atoms with Gasteiger partial charge < -0.3 is 25.7 Å². The van der Waals surface area contributed by atoms with E-state index in [9.17, 15) is 20.4 Å². The smallest absolute Gasteiger partial charge is 0.0639 e. The molecule has 0 aliphatic heterocycles. The van der Waals surface area contributed by atoms with Gasteiger partial charge in [0.15, 0.2) is 0 Å². The highest BCUT2D eigenvalue weighted by atomic mass is 16.3. The summed E-state index contributed by atoms with van der Waals surface area (Å²) in [7, 11) is 0. The van der Waals surface area contributed by atoms with E-state index in [4.69, 9.17) is 0 Å². The first-order chi connectivity index (χ1) is 12.2. The van der Waals surface area contributed by atoms with Gasteiger partial charge in [-0.3, -0.25) is 4.90 Å². The highest BCUT2D eigenvalue weighted by Gasteiger charge is 2.16. The second-order valence-corrected chi connectivity index (χ2v) is 7.48. The Morgan fingerprint density at radius 1 is 0.846 bits per heavy atom. The van der Waals surface area contributed by atoms with Gasteiger partial charge in [0.25, 0.3) is 0 Å². The fourth-order valence-corrected chi connectivity index (χ4v) is 3.17. The van der Waals surface area contributed by atoms with Gasteiger partial charge in [0.2, 0.25) is 0 Å². The van der Waals surface area contributed by atoms with Crippen molar-refractivity contribution >= 4 is 0 Å². The summed E-state index contributed by atoms with van der Waals surface area (Å²) in [6.45, 7) is 9.64. The molecule has 4 unspecified atom stereocenters. The van der Waals surface area contributed by atoms with Crippen LogP contribution in [-0.4, -0.2) is 69.4 Å². The molecule has 1 rings (SSSR count). The van der Waals surface area contributed by atoms with E-state index in [1.165, 1.54) is 0 Å². The highest BCUT2D eigenvalue weighted by molar-refractivity contribution is 5.36. The lowest BCUT2D eigenvalue weighted by molar-refractivity contribution is 0.0792. The Morgan fingerprint density at radius 3 is 1.92 bits per heavy atom. The predicted molar refractivity (Wildman–Crippen MR) is 104 cm³/mol. The molecule has 0 saturated carbocycles. The fraction of sp³-hybridized carbons (Fsp3) is 0.700. The molecule has 0 heterocycles. The van der Waals surface area contributed by atoms with Crippen molar-refractivity contribution in [2.75, 3.05) is 19.6 Å². The van der Waals surface area contributed by atoms with Gasteiger partial charge in [-0.05, 0) is 50.8 Å². The van der Waals surface area contributed by atoms with E-state index in [1.54, 1.807) is 27.7 Å². The van der Waals surface area contributed by atoms with Gasteiger partial charge in [0, 0.05) is 32.7 Å². The lowest BCUT2D eigenvalue weighted by Gasteiger charge is -2.27. The molecule has 1 aromatic carbocycles. The van der Waals surface area contributed by atoms with E-state index in [1.807, 2.05) is 23.1 Å². The van der Waals surface area contributed by atoms with Crippen molar-refractivity contribution in [3.8, 4) is 0 Å². The Labute approximate surface area is 157 Å². The summed E-state index contributed by atoms with van der Waals surface area (Å²) in [6, 6.07) is 6.04. The summed E-state index contributed by atoms with van der Waals surface area (Å²) < 4.78 is 0. The normalized spacial score (nSPS) is 16.5. The molecule has 1 aromatic rings. The maximum absolute atomic E-state index is 9.82. The Morgan fingerprint density at radius 2 is 1.42 bits per heavy atom. The third-order valence-electron chi connectivity index (χ3n) is 4.07. The molecule has 0 saturated heterocycles. The minimum atomic E-state index is -0.480.